The molecule has 2 aliphatic heterocycles. The number of benzene rings is 3. The van der Waals surface area contributed by atoms with Crippen LogP contribution in [0.25, 0.3) is 11.9 Å². The normalized spacial score (nSPS) is 20.4. The topological polar surface area (TPSA) is 67.9 Å². The summed E-state index contributed by atoms with van der Waals surface area (Å²) in [6.07, 6.45) is 15.2. The van der Waals surface area contributed by atoms with Crippen LogP contribution in [0.1, 0.15) is 102 Å². The van der Waals surface area contributed by atoms with Gasteiger partial charge in [-0.1, -0.05) is 24.6 Å². The molecule has 3 aliphatic rings. The molecule has 8 heteroatoms. The molecule has 2 fully saturated rings. The largest absolute Gasteiger partial charge is 0.457 e. The number of amides is 1. The number of nitrogens with zero attached hydrogens (tertiary/aromatic N) is 1. The van der Waals surface area contributed by atoms with Gasteiger partial charge in [-0.2, -0.15) is 0 Å². The summed E-state index contributed by atoms with van der Waals surface area (Å²) in [5.74, 6) is -1.50. The first-order chi connectivity index (χ1) is 25.2. The highest BCUT2D eigenvalue weighted by molar-refractivity contribution is 5.98. The number of carbonyl (C=O) groups excluding carboxylic acids is 2. The van der Waals surface area contributed by atoms with Crippen molar-refractivity contribution in [3.63, 3.8) is 0 Å². The standard InChI is InChI=1S/C44H50F2N2O4/c1-3-25-44(45,46)36-16-20-39(21-17-36)52-38-18-13-35(14-19-38)42(49)34-9-5-4-8-32(11-12-34)29-48-27-24-33-15-22-40(31(2)41(33)30-48)43(50)47-26-23-37-10-6-7-28-51-37/h3,13-22,27,30,32,34,37H,1,4-12,23,25-26,28-29H2,2H3,(H,47,50). The van der Waals surface area contributed by atoms with E-state index in [4.69, 9.17) is 9.47 Å². The highest BCUT2D eigenvalue weighted by Gasteiger charge is 2.29. The van der Waals surface area contributed by atoms with Crippen LogP contribution in [0, 0.1) is 18.8 Å². The Bertz CT molecular complexity index is 1880. The second-order valence-corrected chi connectivity index (χ2v) is 14.5. The zero-order chi connectivity index (χ0) is 36.5. The van der Waals surface area contributed by atoms with Gasteiger partial charge >= 0.3 is 0 Å². The van der Waals surface area contributed by atoms with E-state index in [2.05, 4.69) is 28.7 Å². The molecule has 6 nitrogen and oxygen atoms in total. The van der Waals surface area contributed by atoms with E-state index in [9.17, 15) is 18.4 Å². The van der Waals surface area contributed by atoms with Crippen LogP contribution in [0.2, 0.25) is 0 Å². The Morgan fingerprint density at radius 2 is 1.69 bits per heavy atom. The maximum atomic E-state index is 14.2. The minimum atomic E-state index is -2.97. The van der Waals surface area contributed by atoms with Crippen LogP contribution in [-0.2, 0) is 10.7 Å². The zero-order valence-electron chi connectivity index (χ0n) is 30.2. The minimum Gasteiger partial charge on any atom is -0.457 e. The minimum absolute atomic E-state index is 0.0412. The molecule has 0 bridgehead atoms. The summed E-state index contributed by atoms with van der Waals surface area (Å²) in [5, 5.41) is 5.11. The lowest BCUT2D eigenvalue weighted by Gasteiger charge is -2.28. The highest BCUT2D eigenvalue weighted by Crippen LogP contribution is 2.34. The Kier molecular flexibility index (Phi) is 12.4. The molecule has 3 unspecified atom stereocenters. The van der Waals surface area contributed by atoms with Crippen molar-refractivity contribution < 1.29 is 27.8 Å². The van der Waals surface area contributed by atoms with Crippen molar-refractivity contribution in [1.29, 1.82) is 0 Å². The van der Waals surface area contributed by atoms with Gasteiger partial charge in [0, 0.05) is 71.6 Å². The van der Waals surface area contributed by atoms with Gasteiger partial charge in [0.25, 0.3) is 11.8 Å². The van der Waals surface area contributed by atoms with Crippen LogP contribution in [0.3, 0.4) is 0 Å². The molecular formula is C44H50F2N2O4. The molecule has 2 heterocycles. The summed E-state index contributed by atoms with van der Waals surface area (Å²) in [4.78, 5) is 29.0. The molecule has 3 aromatic rings. The Morgan fingerprint density at radius 1 is 0.962 bits per heavy atom. The summed E-state index contributed by atoms with van der Waals surface area (Å²) in [5.41, 5.74) is 5.65. The van der Waals surface area contributed by atoms with Crippen LogP contribution in [0.4, 0.5) is 8.78 Å². The van der Waals surface area contributed by atoms with E-state index in [-0.39, 0.29) is 29.3 Å². The number of rotatable bonds is 13. The molecule has 3 aromatic carbocycles. The van der Waals surface area contributed by atoms with Gasteiger partial charge in [0.15, 0.2) is 5.78 Å². The molecule has 1 amide bonds. The molecule has 1 aliphatic carbocycles. The van der Waals surface area contributed by atoms with E-state index < -0.39 is 12.3 Å². The van der Waals surface area contributed by atoms with Crippen LogP contribution in [0.15, 0.2) is 79.5 Å². The molecule has 0 radical (unpaired) electrons. The number of hydrogen-bond acceptors (Lipinski definition) is 5. The number of halogens is 2. The lowest BCUT2D eigenvalue weighted by molar-refractivity contribution is -0.000893. The number of alkyl halides is 2. The molecule has 0 spiro atoms. The van der Waals surface area contributed by atoms with Crippen molar-refractivity contribution >= 4 is 23.6 Å². The van der Waals surface area contributed by atoms with Gasteiger partial charge in [0.2, 0.25) is 0 Å². The van der Waals surface area contributed by atoms with Gasteiger partial charge < -0.3 is 19.7 Å². The van der Waals surface area contributed by atoms with Gasteiger partial charge in [-0.15, -0.1) is 6.58 Å². The van der Waals surface area contributed by atoms with Crippen LogP contribution >= 0.6 is 0 Å². The van der Waals surface area contributed by atoms with Gasteiger partial charge in [-0.05, 0) is 130 Å². The van der Waals surface area contributed by atoms with Crippen LogP contribution < -0.4 is 20.5 Å². The van der Waals surface area contributed by atoms with Crippen molar-refractivity contribution in [2.75, 3.05) is 19.7 Å². The number of carbonyl (C=O) groups is 2. The number of hydrogen-bond donors (Lipinski definition) is 1. The molecule has 1 saturated carbocycles. The fourth-order valence-electron chi connectivity index (χ4n) is 7.62. The van der Waals surface area contributed by atoms with E-state index in [0.29, 0.717) is 35.1 Å². The fourth-order valence-corrected chi connectivity index (χ4v) is 7.62. The second kappa shape index (κ2) is 17.3. The molecule has 6 rings (SSSR count). The maximum Gasteiger partial charge on any atom is 0.276 e. The predicted octanol–water partition coefficient (Wildman–Crippen LogP) is 8.56. The SMILES string of the molecule is C=CCC(F)(F)c1ccc(Oc2ccc(C(=O)C3CCCCC(CN4C=C=c5ccc(C(=O)NCCC6CCCCO6)c(C)c5=C4)CC3)cc2)cc1. The van der Waals surface area contributed by atoms with Gasteiger partial charge in [0.1, 0.15) is 11.5 Å². The lowest BCUT2D eigenvalue weighted by Crippen LogP contribution is -2.37. The number of fused-ring (bicyclic) bond motifs is 1. The van der Waals surface area contributed by atoms with Crippen molar-refractivity contribution in [2.24, 2.45) is 11.8 Å². The van der Waals surface area contributed by atoms with Gasteiger partial charge in [0.05, 0.1) is 6.10 Å². The average Bonchev–Trinajstić information content (AvgIpc) is 3.14. The van der Waals surface area contributed by atoms with E-state index >= 15 is 0 Å². The van der Waals surface area contributed by atoms with E-state index in [1.807, 2.05) is 25.3 Å². The first-order valence-corrected chi connectivity index (χ1v) is 18.9. The molecule has 274 valence electrons. The first kappa shape index (κ1) is 37.2. The van der Waals surface area contributed by atoms with Gasteiger partial charge in [-0.3, -0.25) is 9.59 Å². The third-order valence-corrected chi connectivity index (χ3v) is 10.7. The summed E-state index contributed by atoms with van der Waals surface area (Å²) in [6.45, 7) is 7.68. The third kappa shape index (κ3) is 9.47. The average molecular weight is 709 g/mol. The van der Waals surface area contributed by atoms with Gasteiger partial charge in [-0.25, -0.2) is 8.78 Å². The van der Waals surface area contributed by atoms with Crippen molar-refractivity contribution in [3.05, 3.63) is 112 Å². The Balaban J connectivity index is 1.02. The quantitative estimate of drug-likeness (QED) is 0.142. The summed E-state index contributed by atoms with van der Waals surface area (Å²) in [7, 11) is 0. The van der Waals surface area contributed by atoms with E-state index in [1.165, 1.54) is 36.8 Å². The molecule has 0 aromatic heterocycles. The molecular weight excluding hydrogens is 658 g/mol. The zero-order valence-corrected chi connectivity index (χ0v) is 30.2. The van der Waals surface area contributed by atoms with Crippen LogP contribution in [-0.4, -0.2) is 42.4 Å². The highest BCUT2D eigenvalue weighted by atomic mass is 19.3. The predicted molar refractivity (Wildman–Crippen MR) is 201 cm³/mol. The Hall–Kier alpha value is -4.52. The smallest absolute Gasteiger partial charge is 0.276 e. The second-order valence-electron chi connectivity index (χ2n) is 14.5. The molecule has 3 atom stereocenters. The summed E-state index contributed by atoms with van der Waals surface area (Å²) >= 11 is 0. The summed E-state index contributed by atoms with van der Waals surface area (Å²) in [6, 6.07) is 16.8. The van der Waals surface area contributed by atoms with Crippen molar-refractivity contribution in [3.8, 4) is 11.5 Å². The van der Waals surface area contributed by atoms with E-state index in [0.717, 1.165) is 86.9 Å². The third-order valence-electron chi connectivity index (χ3n) is 10.7. The number of nitrogens with one attached hydrogen (secondary N) is 1. The van der Waals surface area contributed by atoms with Crippen molar-refractivity contribution in [2.45, 2.75) is 89.6 Å². The van der Waals surface area contributed by atoms with Crippen LogP contribution in [0.5, 0.6) is 11.5 Å². The Labute approximate surface area is 305 Å². The molecule has 1 saturated heterocycles. The number of allylic oxidation sites excluding steroid dienone is 1. The number of ketones is 1. The first-order valence-electron chi connectivity index (χ1n) is 18.9. The number of Topliss-reactive ketones (excluding diaryl/α,β-unsaturated/α-hetero) is 1. The lowest BCUT2D eigenvalue weighted by atomic mass is 9.81. The molecule has 52 heavy (non-hydrogen) atoms. The monoisotopic (exact) mass is 708 g/mol. The molecule has 1 N–H and O–H groups in total. The van der Waals surface area contributed by atoms with Crippen molar-refractivity contribution in [1.82, 2.24) is 10.2 Å². The Morgan fingerprint density at radius 3 is 2.42 bits per heavy atom. The number of ether oxygens (including phenoxy) is 2. The fraction of sp³-hybridized carbons (Fsp3) is 0.432. The summed E-state index contributed by atoms with van der Waals surface area (Å²) < 4.78 is 40.0. The van der Waals surface area contributed by atoms with E-state index in [1.54, 1.807) is 24.3 Å². The maximum absolute atomic E-state index is 14.2.